The lowest BCUT2D eigenvalue weighted by Gasteiger charge is -2.10. The lowest BCUT2D eigenvalue weighted by atomic mass is 10.0. The van der Waals surface area contributed by atoms with Crippen molar-refractivity contribution in [2.24, 2.45) is 0 Å². The summed E-state index contributed by atoms with van der Waals surface area (Å²) in [6.45, 7) is 2.31. The molecule has 0 amide bonds. The third-order valence-corrected chi connectivity index (χ3v) is 4.30. The lowest BCUT2D eigenvalue weighted by Crippen LogP contribution is -1.99. The average molecular weight is 369 g/mol. The van der Waals surface area contributed by atoms with E-state index in [1.807, 2.05) is 61.5 Å². The number of ether oxygens (including phenoxy) is 1. The van der Waals surface area contributed by atoms with E-state index in [4.69, 9.17) is 9.84 Å². The van der Waals surface area contributed by atoms with Gasteiger partial charge in [0.1, 0.15) is 12.4 Å². The van der Waals surface area contributed by atoms with Gasteiger partial charge in [-0.05, 0) is 42.3 Å². The zero-order valence-corrected chi connectivity index (χ0v) is 15.4. The van der Waals surface area contributed by atoms with Gasteiger partial charge in [-0.3, -0.25) is 0 Å². The van der Waals surface area contributed by atoms with Crippen LogP contribution in [-0.4, -0.2) is 11.1 Å². The molecule has 0 radical (unpaired) electrons. The Morgan fingerprint density at radius 3 is 2.29 bits per heavy atom. The molecule has 4 heteroatoms. The van der Waals surface area contributed by atoms with Crippen molar-refractivity contribution in [1.82, 2.24) is 0 Å². The van der Waals surface area contributed by atoms with Crippen LogP contribution in [0.4, 0.5) is 0 Å². The van der Waals surface area contributed by atoms with Crippen LogP contribution in [0.1, 0.15) is 32.6 Å². The first-order valence-electron chi connectivity index (χ1n) is 8.80. The monoisotopic (exact) mass is 369 g/mol. The van der Waals surface area contributed by atoms with Crippen molar-refractivity contribution in [3.8, 4) is 11.8 Å². The van der Waals surface area contributed by atoms with Gasteiger partial charge in [-0.25, -0.2) is 4.79 Å². The summed E-state index contributed by atoms with van der Waals surface area (Å²) in [4.78, 5) is 10.9. The van der Waals surface area contributed by atoms with E-state index in [0.29, 0.717) is 17.9 Å². The topological polar surface area (TPSA) is 70.3 Å². The number of para-hydroxylation sites is 1. The molecule has 3 aromatic carbocycles. The molecule has 0 atom stereocenters. The molecule has 0 aliphatic carbocycles. The molecule has 0 unspecified atom stereocenters. The predicted octanol–water partition coefficient (Wildman–Crippen LogP) is 5.34. The Hall–Kier alpha value is -3.84. The summed E-state index contributed by atoms with van der Waals surface area (Å²) in [6.07, 6.45) is 1.81. The van der Waals surface area contributed by atoms with E-state index in [2.05, 4.69) is 6.07 Å². The van der Waals surface area contributed by atoms with Crippen molar-refractivity contribution in [2.45, 2.75) is 13.5 Å². The van der Waals surface area contributed by atoms with Crippen LogP contribution in [0.15, 0.2) is 72.8 Å². The second-order valence-corrected chi connectivity index (χ2v) is 6.36. The maximum atomic E-state index is 10.9. The van der Waals surface area contributed by atoms with Crippen molar-refractivity contribution < 1.29 is 14.6 Å². The molecule has 0 saturated carbocycles. The van der Waals surface area contributed by atoms with Gasteiger partial charge in [0, 0.05) is 5.56 Å². The summed E-state index contributed by atoms with van der Waals surface area (Å²) in [5.41, 5.74) is 4.46. The highest BCUT2D eigenvalue weighted by Crippen LogP contribution is 2.25. The molecule has 0 fully saturated rings. The highest BCUT2D eigenvalue weighted by Gasteiger charge is 2.07. The fourth-order valence-electron chi connectivity index (χ4n) is 2.70. The number of nitrogens with zero attached hydrogens (tertiary/aromatic N) is 1. The molecule has 0 saturated heterocycles. The van der Waals surface area contributed by atoms with E-state index in [0.717, 1.165) is 22.3 Å². The number of hydrogen-bond acceptors (Lipinski definition) is 3. The second-order valence-electron chi connectivity index (χ2n) is 6.36. The number of carbonyl (C=O) groups is 1. The maximum Gasteiger partial charge on any atom is 0.335 e. The average Bonchev–Trinajstić information content (AvgIpc) is 2.72. The van der Waals surface area contributed by atoms with E-state index >= 15 is 0 Å². The highest BCUT2D eigenvalue weighted by molar-refractivity contribution is 5.90. The van der Waals surface area contributed by atoms with Gasteiger partial charge < -0.3 is 9.84 Å². The Balaban J connectivity index is 1.81. The molecule has 0 bridgehead atoms. The summed E-state index contributed by atoms with van der Waals surface area (Å²) in [5, 5.41) is 18.5. The molecule has 4 nitrogen and oxygen atoms in total. The van der Waals surface area contributed by atoms with Crippen molar-refractivity contribution >= 4 is 17.6 Å². The van der Waals surface area contributed by atoms with Gasteiger partial charge in [0.05, 0.1) is 17.2 Å². The van der Waals surface area contributed by atoms with Gasteiger partial charge in [0.2, 0.25) is 0 Å². The van der Waals surface area contributed by atoms with Crippen molar-refractivity contribution in [3.63, 3.8) is 0 Å². The van der Waals surface area contributed by atoms with Crippen LogP contribution in [0.3, 0.4) is 0 Å². The molecule has 0 aromatic heterocycles. The van der Waals surface area contributed by atoms with Gasteiger partial charge in [-0.15, -0.1) is 0 Å². The number of allylic oxidation sites excluding steroid dienone is 1. The van der Waals surface area contributed by atoms with Gasteiger partial charge in [-0.2, -0.15) is 5.26 Å². The molecule has 3 rings (SSSR count). The van der Waals surface area contributed by atoms with E-state index in [-0.39, 0.29) is 5.56 Å². The highest BCUT2D eigenvalue weighted by atomic mass is 16.5. The quantitative estimate of drug-likeness (QED) is 0.470. The number of carboxylic acids is 1. The summed E-state index contributed by atoms with van der Waals surface area (Å²) >= 11 is 0. The van der Waals surface area contributed by atoms with Crippen molar-refractivity contribution in [1.29, 1.82) is 5.26 Å². The Morgan fingerprint density at radius 2 is 1.64 bits per heavy atom. The minimum Gasteiger partial charge on any atom is -0.488 e. The normalized spacial score (nSPS) is 10.9. The molecular formula is C24H19NO3. The summed E-state index contributed by atoms with van der Waals surface area (Å²) in [5.74, 6) is -0.298. The minimum atomic E-state index is -0.955. The smallest absolute Gasteiger partial charge is 0.335 e. The molecule has 0 spiro atoms. The summed E-state index contributed by atoms with van der Waals surface area (Å²) in [7, 11) is 0. The van der Waals surface area contributed by atoms with E-state index in [1.54, 1.807) is 24.3 Å². The third kappa shape index (κ3) is 4.66. The van der Waals surface area contributed by atoms with Crippen molar-refractivity contribution in [2.75, 3.05) is 0 Å². The number of aryl methyl sites for hydroxylation is 1. The largest absolute Gasteiger partial charge is 0.488 e. The van der Waals surface area contributed by atoms with Crippen LogP contribution in [0.25, 0.3) is 11.6 Å². The molecule has 0 heterocycles. The molecule has 0 aliphatic heterocycles. The van der Waals surface area contributed by atoms with Crippen LogP contribution in [0, 0.1) is 18.3 Å². The fraction of sp³-hybridized carbons (Fsp3) is 0.0833. The number of benzene rings is 3. The summed E-state index contributed by atoms with van der Waals surface area (Å²) < 4.78 is 5.92. The number of rotatable bonds is 6. The zero-order chi connectivity index (χ0) is 19.9. The third-order valence-electron chi connectivity index (χ3n) is 4.30. The SMILES string of the molecule is Cc1ccc(/C(C#N)=C\c2ccccc2OCc2ccc(C(=O)O)cc2)cc1. The van der Waals surface area contributed by atoms with Crippen LogP contribution in [-0.2, 0) is 6.61 Å². The predicted molar refractivity (Wildman–Crippen MR) is 109 cm³/mol. The molecule has 28 heavy (non-hydrogen) atoms. The van der Waals surface area contributed by atoms with Crippen LogP contribution in [0.5, 0.6) is 5.75 Å². The maximum absolute atomic E-state index is 10.9. The fourth-order valence-corrected chi connectivity index (χ4v) is 2.70. The Bertz CT molecular complexity index is 1040. The Morgan fingerprint density at radius 1 is 1.00 bits per heavy atom. The van der Waals surface area contributed by atoms with Crippen LogP contribution in [0.2, 0.25) is 0 Å². The zero-order valence-electron chi connectivity index (χ0n) is 15.4. The lowest BCUT2D eigenvalue weighted by molar-refractivity contribution is 0.0697. The first-order chi connectivity index (χ1) is 13.6. The Labute approximate surface area is 164 Å². The molecular weight excluding hydrogens is 350 g/mol. The van der Waals surface area contributed by atoms with Gasteiger partial charge >= 0.3 is 5.97 Å². The molecule has 0 aliphatic rings. The molecule has 3 aromatic rings. The number of carboxylic acid groups (broad SMARTS) is 1. The first-order valence-corrected chi connectivity index (χ1v) is 8.80. The Kier molecular flexibility index (Phi) is 5.88. The van der Waals surface area contributed by atoms with Crippen LogP contribution >= 0.6 is 0 Å². The van der Waals surface area contributed by atoms with Gasteiger partial charge in [0.15, 0.2) is 0 Å². The van der Waals surface area contributed by atoms with Crippen molar-refractivity contribution in [3.05, 3.63) is 101 Å². The van der Waals surface area contributed by atoms with E-state index in [1.165, 1.54) is 0 Å². The number of nitriles is 1. The van der Waals surface area contributed by atoms with E-state index in [9.17, 15) is 10.1 Å². The number of aromatic carboxylic acids is 1. The molecule has 1 N–H and O–H groups in total. The first kappa shape index (κ1) is 18.9. The number of hydrogen-bond donors (Lipinski definition) is 1. The molecule has 138 valence electrons. The van der Waals surface area contributed by atoms with E-state index < -0.39 is 5.97 Å². The van der Waals surface area contributed by atoms with Crippen LogP contribution < -0.4 is 4.74 Å². The van der Waals surface area contributed by atoms with Gasteiger partial charge in [0.25, 0.3) is 0 Å². The standard InChI is InChI=1S/C24H19NO3/c1-17-6-10-19(11-7-17)22(15-25)14-21-4-2-3-5-23(21)28-16-18-8-12-20(13-9-18)24(26)27/h2-14H,16H2,1H3,(H,26,27)/b22-14-. The minimum absolute atomic E-state index is 0.240. The summed E-state index contributed by atoms with van der Waals surface area (Å²) in [6, 6.07) is 24.1. The second kappa shape index (κ2) is 8.70. The van der Waals surface area contributed by atoms with Gasteiger partial charge in [-0.1, -0.05) is 60.2 Å².